The Hall–Kier alpha value is -2.26. The summed E-state index contributed by atoms with van der Waals surface area (Å²) in [4.78, 5) is 18.9. The number of carbonyl (C=O) groups is 1. The molecule has 0 N–H and O–H groups in total. The van der Waals surface area contributed by atoms with Crippen LogP contribution in [-0.2, 0) is 17.6 Å². The van der Waals surface area contributed by atoms with Crippen LogP contribution in [0.3, 0.4) is 0 Å². The summed E-state index contributed by atoms with van der Waals surface area (Å²) < 4.78 is 13.0. The second kappa shape index (κ2) is 10.0. The second-order valence-corrected chi connectivity index (χ2v) is 7.63. The van der Waals surface area contributed by atoms with E-state index in [0.717, 1.165) is 22.7 Å². The molecule has 0 unspecified atom stereocenters. The van der Waals surface area contributed by atoms with Gasteiger partial charge >= 0.3 is 0 Å². The zero-order valence-corrected chi connectivity index (χ0v) is 16.1. The number of hydrogen-bond acceptors (Lipinski definition) is 4. The zero-order chi connectivity index (χ0) is 18.9. The van der Waals surface area contributed by atoms with E-state index in [4.69, 9.17) is 5.26 Å². The van der Waals surface area contributed by atoms with Crippen molar-refractivity contribution in [1.29, 1.82) is 5.26 Å². The Morgan fingerprint density at radius 3 is 2.69 bits per heavy atom. The number of benzene rings is 1. The predicted octanol–water partition coefficient (Wildman–Crippen LogP) is 4.20. The van der Waals surface area contributed by atoms with E-state index in [0.29, 0.717) is 31.8 Å². The molecule has 1 amide bonds. The fourth-order valence-corrected chi connectivity index (χ4v) is 3.34. The Labute approximate surface area is 158 Å². The maximum atomic E-state index is 13.0. The van der Waals surface area contributed by atoms with Gasteiger partial charge in [0.1, 0.15) is 5.82 Å². The third-order valence-electron chi connectivity index (χ3n) is 4.02. The van der Waals surface area contributed by atoms with Crippen LogP contribution in [-0.4, -0.2) is 28.9 Å². The van der Waals surface area contributed by atoms with E-state index < -0.39 is 0 Å². The molecule has 1 heterocycles. The van der Waals surface area contributed by atoms with Crippen molar-refractivity contribution in [2.75, 3.05) is 13.1 Å². The first-order valence-electron chi connectivity index (χ1n) is 8.80. The lowest BCUT2D eigenvalue weighted by atomic mass is 10.1. The zero-order valence-electron chi connectivity index (χ0n) is 15.2. The summed E-state index contributed by atoms with van der Waals surface area (Å²) in [5, 5.41) is 11.6. The molecular formula is C20H24FN3OS. The lowest BCUT2D eigenvalue weighted by Gasteiger charge is -2.22. The van der Waals surface area contributed by atoms with E-state index in [2.05, 4.69) is 24.9 Å². The molecule has 0 saturated heterocycles. The number of amides is 1. The summed E-state index contributed by atoms with van der Waals surface area (Å²) in [6.45, 7) is 5.38. The number of rotatable bonds is 9. The monoisotopic (exact) mass is 373 g/mol. The second-order valence-electron chi connectivity index (χ2n) is 6.68. The molecule has 0 fully saturated rings. The SMILES string of the molecule is CC(C)CCN(CCC#N)C(=O)Cc1csc(Cc2ccc(F)cc2)n1. The Kier molecular flexibility index (Phi) is 7.73. The van der Waals surface area contributed by atoms with Crippen LogP contribution in [0.25, 0.3) is 0 Å². The van der Waals surface area contributed by atoms with Gasteiger partial charge in [0.05, 0.1) is 29.6 Å². The van der Waals surface area contributed by atoms with Crippen molar-refractivity contribution in [2.45, 2.75) is 39.5 Å². The Morgan fingerprint density at radius 1 is 1.31 bits per heavy atom. The van der Waals surface area contributed by atoms with Gasteiger partial charge in [0.25, 0.3) is 0 Å². The first-order chi connectivity index (χ1) is 12.5. The van der Waals surface area contributed by atoms with Gasteiger partial charge in [0, 0.05) is 24.9 Å². The summed E-state index contributed by atoms with van der Waals surface area (Å²) in [6, 6.07) is 8.48. The Morgan fingerprint density at radius 2 is 2.04 bits per heavy atom. The predicted molar refractivity (Wildman–Crippen MR) is 101 cm³/mol. The average molecular weight is 373 g/mol. The summed E-state index contributed by atoms with van der Waals surface area (Å²) in [6.07, 6.45) is 2.15. The maximum absolute atomic E-state index is 13.0. The summed E-state index contributed by atoms with van der Waals surface area (Å²) in [5.74, 6) is 0.270. The molecule has 0 aliphatic heterocycles. The van der Waals surface area contributed by atoms with Gasteiger partial charge in [0.2, 0.25) is 5.91 Å². The molecule has 0 aliphatic rings. The van der Waals surface area contributed by atoms with Crippen molar-refractivity contribution in [3.05, 3.63) is 51.7 Å². The van der Waals surface area contributed by atoms with E-state index in [1.165, 1.54) is 23.5 Å². The van der Waals surface area contributed by atoms with E-state index in [-0.39, 0.29) is 18.1 Å². The van der Waals surface area contributed by atoms with Gasteiger partial charge in [-0.15, -0.1) is 11.3 Å². The number of hydrogen-bond donors (Lipinski definition) is 0. The number of nitrogens with zero attached hydrogens (tertiary/aromatic N) is 3. The molecule has 0 radical (unpaired) electrons. The molecule has 0 bridgehead atoms. The molecular weight excluding hydrogens is 349 g/mol. The van der Waals surface area contributed by atoms with Gasteiger partial charge in [-0.25, -0.2) is 9.37 Å². The number of thiazole rings is 1. The standard InChI is InChI=1S/C20H24FN3OS/c1-15(2)8-11-24(10-3-9-22)20(25)13-18-14-26-19(23-18)12-16-4-6-17(21)7-5-16/h4-7,14-15H,3,8,10-13H2,1-2H3. The summed E-state index contributed by atoms with van der Waals surface area (Å²) >= 11 is 1.51. The average Bonchev–Trinajstić information content (AvgIpc) is 3.03. The highest BCUT2D eigenvalue weighted by molar-refractivity contribution is 7.09. The van der Waals surface area contributed by atoms with Crippen molar-refractivity contribution in [3.63, 3.8) is 0 Å². The highest BCUT2D eigenvalue weighted by Crippen LogP contribution is 2.16. The number of carbonyl (C=O) groups excluding carboxylic acids is 1. The van der Waals surface area contributed by atoms with E-state index in [1.54, 1.807) is 17.0 Å². The third-order valence-corrected chi connectivity index (χ3v) is 4.92. The lowest BCUT2D eigenvalue weighted by molar-refractivity contribution is -0.130. The molecule has 1 aromatic heterocycles. The van der Waals surface area contributed by atoms with Crippen molar-refractivity contribution < 1.29 is 9.18 Å². The fourth-order valence-electron chi connectivity index (χ4n) is 2.52. The minimum Gasteiger partial charge on any atom is -0.341 e. The molecule has 0 aliphatic carbocycles. The van der Waals surface area contributed by atoms with Crippen LogP contribution < -0.4 is 0 Å². The van der Waals surface area contributed by atoms with Gasteiger partial charge in [-0.2, -0.15) is 5.26 Å². The highest BCUT2D eigenvalue weighted by Gasteiger charge is 2.16. The molecule has 2 aromatic rings. The maximum Gasteiger partial charge on any atom is 0.228 e. The van der Waals surface area contributed by atoms with Gasteiger partial charge in [-0.1, -0.05) is 26.0 Å². The van der Waals surface area contributed by atoms with Crippen molar-refractivity contribution in [1.82, 2.24) is 9.88 Å². The summed E-state index contributed by atoms with van der Waals surface area (Å²) in [5.41, 5.74) is 1.75. The van der Waals surface area contributed by atoms with Crippen LogP contribution in [0.15, 0.2) is 29.6 Å². The molecule has 4 nitrogen and oxygen atoms in total. The van der Waals surface area contributed by atoms with Crippen LogP contribution in [0.1, 0.15) is 43.0 Å². The van der Waals surface area contributed by atoms with Crippen molar-refractivity contribution >= 4 is 17.2 Å². The van der Waals surface area contributed by atoms with E-state index in [1.807, 2.05) is 5.38 Å². The quantitative estimate of drug-likeness (QED) is 0.662. The Balaban J connectivity index is 1.95. The van der Waals surface area contributed by atoms with E-state index >= 15 is 0 Å². The molecule has 0 spiro atoms. The third kappa shape index (κ3) is 6.57. The van der Waals surface area contributed by atoms with Gasteiger partial charge in [-0.05, 0) is 30.0 Å². The number of halogens is 1. The van der Waals surface area contributed by atoms with Crippen LogP contribution >= 0.6 is 11.3 Å². The van der Waals surface area contributed by atoms with Crippen LogP contribution in [0.5, 0.6) is 0 Å². The van der Waals surface area contributed by atoms with Crippen LogP contribution in [0.4, 0.5) is 4.39 Å². The summed E-state index contributed by atoms with van der Waals surface area (Å²) in [7, 11) is 0. The van der Waals surface area contributed by atoms with Crippen LogP contribution in [0.2, 0.25) is 0 Å². The molecule has 0 saturated carbocycles. The molecule has 2 rings (SSSR count). The lowest BCUT2D eigenvalue weighted by Crippen LogP contribution is -2.34. The number of nitriles is 1. The number of aromatic nitrogens is 1. The smallest absolute Gasteiger partial charge is 0.228 e. The Bertz CT molecular complexity index is 749. The van der Waals surface area contributed by atoms with Crippen molar-refractivity contribution in [3.8, 4) is 6.07 Å². The van der Waals surface area contributed by atoms with Crippen molar-refractivity contribution in [2.24, 2.45) is 5.92 Å². The first-order valence-corrected chi connectivity index (χ1v) is 9.68. The highest BCUT2D eigenvalue weighted by atomic mass is 32.1. The molecule has 26 heavy (non-hydrogen) atoms. The molecule has 0 atom stereocenters. The minimum atomic E-state index is -0.252. The van der Waals surface area contributed by atoms with E-state index in [9.17, 15) is 9.18 Å². The molecule has 6 heteroatoms. The van der Waals surface area contributed by atoms with Crippen LogP contribution in [0, 0.1) is 23.1 Å². The topological polar surface area (TPSA) is 57.0 Å². The van der Waals surface area contributed by atoms with Gasteiger partial charge in [-0.3, -0.25) is 4.79 Å². The van der Waals surface area contributed by atoms with Gasteiger partial charge < -0.3 is 4.90 Å². The first kappa shape index (κ1) is 20.1. The fraction of sp³-hybridized carbons (Fsp3) is 0.450. The normalized spacial score (nSPS) is 10.7. The van der Waals surface area contributed by atoms with Gasteiger partial charge in [0.15, 0.2) is 0 Å². The largest absolute Gasteiger partial charge is 0.341 e. The molecule has 1 aromatic carbocycles. The minimum absolute atomic E-state index is 0.0135. The molecule has 138 valence electrons.